The van der Waals surface area contributed by atoms with Gasteiger partial charge in [-0.15, -0.1) is 0 Å². The van der Waals surface area contributed by atoms with Gasteiger partial charge in [0.25, 0.3) is 0 Å². The minimum Gasteiger partial charge on any atom is -0.346 e. The van der Waals surface area contributed by atoms with E-state index >= 15 is 0 Å². The van der Waals surface area contributed by atoms with Gasteiger partial charge in [0.2, 0.25) is 11.8 Å². The third kappa shape index (κ3) is 7.70. The van der Waals surface area contributed by atoms with Crippen molar-refractivity contribution in [1.29, 1.82) is 0 Å². The SMILES string of the molecule is CC(C)CCC(=O)N[C@@H](CC(=O)N1CCCCC1)C(=O)C[C@@H](C)c1ncc(-c2ccc(F)cc2F)[nH]1. The zero-order chi connectivity index (χ0) is 26.2. The number of likely N-dealkylation sites (tertiary alicyclic amines) is 1. The number of nitrogens with zero attached hydrogens (tertiary/aromatic N) is 2. The first-order valence-corrected chi connectivity index (χ1v) is 12.7. The molecule has 0 spiro atoms. The van der Waals surface area contributed by atoms with E-state index < -0.39 is 17.7 Å². The number of aromatic amines is 1. The fourth-order valence-electron chi connectivity index (χ4n) is 4.35. The molecule has 7 nitrogen and oxygen atoms in total. The molecule has 0 bridgehead atoms. The molecule has 1 aliphatic heterocycles. The lowest BCUT2D eigenvalue weighted by molar-refractivity contribution is -0.136. The summed E-state index contributed by atoms with van der Waals surface area (Å²) in [4.78, 5) is 47.7. The zero-order valence-electron chi connectivity index (χ0n) is 21.3. The van der Waals surface area contributed by atoms with E-state index in [9.17, 15) is 23.2 Å². The highest BCUT2D eigenvalue weighted by Crippen LogP contribution is 2.25. The lowest BCUT2D eigenvalue weighted by Crippen LogP contribution is -2.46. The monoisotopic (exact) mass is 502 g/mol. The number of Topliss-reactive ketones (excluding diaryl/α,β-unsaturated/α-hetero) is 1. The molecule has 2 atom stereocenters. The molecular formula is C27H36F2N4O3. The molecule has 1 fully saturated rings. The van der Waals surface area contributed by atoms with Gasteiger partial charge in [0, 0.05) is 43.5 Å². The van der Waals surface area contributed by atoms with E-state index in [0.29, 0.717) is 43.4 Å². The number of ketones is 1. The fraction of sp³-hybridized carbons (Fsp3) is 0.556. The summed E-state index contributed by atoms with van der Waals surface area (Å²) >= 11 is 0. The van der Waals surface area contributed by atoms with E-state index in [-0.39, 0.29) is 41.9 Å². The van der Waals surface area contributed by atoms with Crippen molar-refractivity contribution in [3.05, 3.63) is 41.9 Å². The smallest absolute Gasteiger partial charge is 0.225 e. The summed E-state index contributed by atoms with van der Waals surface area (Å²) in [5.41, 5.74) is 0.553. The number of halogens is 2. The minimum atomic E-state index is -0.912. The molecule has 2 heterocycles. The number of nitrogens with one attached hydrogen (secondary N) is 2. The maximum Gasteiger partial charge on any atom is 0.225 e. The molecule has 0 radical (unpaired) electrons. The van der Waals surface area contributed by atoms with Crippen LogP contribution in [0, 0.1) is 17.6 Å². The number of piperidine rings is 1. The maximum absolute atomic E-state index is 14.2. The van der Waals surface area contributed by atoms with Crippen LogP contribution in [0.5, 0.6) is 0 Å². The highest BCUT2D eigenvalue weighted by atomic mass is 19.1. The Morgan fingerprint density at radius 3 is 2.47 bits per heavy atom. The van der Waals surface area contributed by atoms with Crippen LogP contribution in [0.25, 0.3) is 11.3 Å². The molecule has 196 valence electrons. The van der Waals surface area contributed by atoms with Crippen LogP contribution in [0.15, 0.2) is 24.4 Å². The van der Waals surface area contributed by atoms with Gasteiger partial charge in [-0.3, -0.25) is 14.4 Å². The summed E-state index contributed by atoms with van der Waals surface area (Å²) in [5.74, 6) is -1.56. The van der Waals surface area contributed by atoms with E-state index in [2.05, 4.69) is 15.3 Å². The number of carbonyl (C=O) groups excluding carboxylic acids is 3. The van der Waals surface area contributed by atoms with Gasteiger partial charge in [0.05, 0.1) is 24.4 Å². The van der Waals surface area contributed by atoms with Crippen molar-refractivity contribution in [2.24, 2.45) is 5.92 Å². The molecule has 1 saturated heterocycles. The van der Waals surface area contributed by atoms with Gasteiger partial charge in [-0.05, 0) is 43.7 Å². The molecule has 36 heavy (non-hydrogen) atoms. The molecule has 1 aliphatic rings. The first kappa shape index (κ1) is 27.5. The van der Waals surface area contributed by atoms with Gasteiger partial charge in [0.1, 0.15) is 17.5 Å². The number of amides is 2. The molecule has 9 heteroatoms. The standard InChI is InChI=1S/C27H36F2N4O3/c1-17(2)7-10-25(35)31-22(15-26(36)33-11-5-4-6-12-33)24(34)13-18(3)27-30-16-23(32-27)20-9-8-19(28)14-21(20)29/h8-9,14,16-18,22H,4-7,10-13,15H2,1-3H3,(H,30,32)(H,31,35)/t18-,22+/m1/s1. The average Bonchev–Trinajstić information content (AvgIpc) is 3.33. The highest BCUT2D eigenvalue weighted by molar-refractivity contribution is 5.93. The number of imidazole rings is 1. The lowest BCUT2D eigenvalue weighted by Gasteiger charge is -2.28. The minimum absolute atomic E-state index is 0.0429. The Kier molecular flexibility index (Phi) is 9.73. The Morgan fingerprint density at radius 2 is 1.81 bits per heavy atom. The maximum atomic E-state index is 14.2. The van der Waals surface area contributed by atoms with Gasteiger partial charge in [-0.1, -0.05) is 20.8 Å². The summed E-state index contributed by atoms with van der Waals surface area (Å²) in [6, 6.07) is 2.38. The summed E-state index contributed by atoms with van der Waals surface area (Å²) in [6.07, 6.45) is 5.37. The van der Waals surface area contributed by atoms with Crippen molar-refractivity contribution in [3.8, 4) is 11.3 Å². The number of carbonyl (C=O) groups is 3. The van der Waals surface area contributed by atoms with Crippen LogP contribution in [0.2, 0.25) is 0 Å². The first-order chi connectivity index (χ1) is 17.1. The van der Waals surface area contributed by atoms with Gasteiger partial charge >= 0.3 is 0 Å². The molecule has 0 unspecified atom stereocenters. The van der Waals surface area contributed by atoms with E-state index in [4.69, 9.17) is 0 Å². The topological polar surface area (TPSA) is 95.2 Å². The molecule has 1 aromatic heterocycles. The number of benzene rings is 1. The second-order valence-corrected chi connectivity index (χ2v) is 10.1. The predicted octanol–water partition coefficient (Wildman–Crippen LogP) is 4.74. The molecule has 2 N–H and O–H groups in total. The summed E-state index contributed by atoms with van der Waals surface area (Å²) in [7, 11) is 0. The van der Waals surface area contributed by atoms with E-state index in [1.165, 1.54) is 12.3 Å². The fourth-order valence-corrected chi connectivity index (χ4v) is 4.35. The van der Waals surface area contributed by atoms with E-state index in [1.54, 1.807) is 11.8 Å². The average molecular weight is 503 g/mol. The third-order valence-corrected chi connectivity index (χ3v) is 6.55. The molecule has 3 rings (SSSR count). The molecule has 1 aromatic carbocycles. The Balaban J connectivity index is 1.68. The number of rotatable bonds is 11. The lowest BCUT2D eigenvalue weighted by atomic mass is 9.96. The molecule has 2 amide bonds. The van der Waals surface area contributed by atoms with Crippen molar-refractivity contribution in [1.82, 2.24) is 20.2 Å². The second kappa shape index (κ2) is 12.7. The first-order valence-electron chi connectivity index (χ1n) is 12.7. The Hall–Kier alpha value is -3.10. The molecule has 0 saturated carbocycles. The van der Waals surface area contributed by atoms with Crippen molar-refractivity contribution >= 4 is 17.6 Å². The van der Waals surface area contributed by atoms with Crippen LogP contribution in [0.4, 0.5) is 8.78 Å². The van der Waals surface area contributed by atoms with Gasteiger partial charge in [-0.25, -0.2) is 13.8 Å². The zero-order valence-corrected chi connectivity index (χ0v) is 21.3. The quantitative estimate of drug-likeness (QED) is 0.464. The highest BCUT2D eigenvalue weighted by Gasteiger charge is 2.29. The second-order valence-electron chi connectivity index (χ2n) is 10.1. The van der Waals surface area contributed by atoms with Crippen LogP contribution in [-0.2, 0) is 14.4 Å². The molecule has 0 aliphatic carbocycles. The Labute approximate surface area is 211 Å². The number of hydrogen-bond donors (Lipinski definition) is 2. The van der Waals surface area contributed by atoms with Crippen LogP contribution in [0.1, 0.15) is 77.5 Å². The summed E-state index contributed by atoms with van der Waals surface area (Å²) in [5, 5.41) is 2.79. The molecular weight excluding hydrogens is 466 g/mol. The third-order valence-electron chi connectivity index (χ3n) is 6.55. The number of hydrogen-bond acceptors (Lipinski definition) is 4. The van der Waals surface area contributed by atoms with Gasteiger partial charge < -0.3 is 15.2 Å². The van der Waals surface area contributed by atoms with Gasteiger partial charge in [-0.2, -0.15) is 0 Å². The van der Waals surface area contributed by atoms with Crippen LogP contribution in [-0.4, -0.2) is 51.6 Å². The number of aromatic nitrogens is 2. The summed E-state index contributed by atoms with van der Waals surface area (Å²) < 4.78 is 27.4. The van der Waals surface area contributed by atoms with Crippen molar-refractivity contribution in [2.45, 2.75) is 77.7 Å². The van der Waals surface area contributed by atoms with Crippen LogP contribution in [0.3, 0.4) is 0 Å². The van der Waals surface area contributed by atoms with Crippen LogP contribution >= 0.6 is 0 Å². The summed E-state index contributed by atoms with van der Waals surface area (Å²) in [6.45, 7) is 7.19. The van der Waals surface area contributed by atoms with E-state index in [0.717, 1.165) is 31.4 Å². The Morgan fingerprint density at radius 1 is 1.08 bits per heavy atom. The largest absolute Gasteiger partial charge is 0.346 e. The normalized spacial score (nSPS) is 15.6. The van der Waals surface area contributed by atoms with Crippen molar-refractivity contribution < 1.29 is 23.2 Å². The van der Waals surface area contributed by atoms with Crippen molar-refractivity contribution in [2.75, 3.05) is 13.1 Å². The van der Waals surface area contributed by atoms with E-state index in [1.807, 2.05) is 13.8 Å². The molecule has 2 aromatic rings. The van der Waals surface area contributed by atoms with Crippen molar-refractivity contribution in [3.63, 3.8) is 0 Å². The number of H-pyrrole nitrogens is 1. The predicted molar refractivity (Wildman–Crippen MR) is 133 cm³/mol. The Bertz CT molecular complexity index is 1060. The van der Waals surface area contributed by atoms with Crippen LogP contribution < -0.4 is 5.32 Å². The van der Waals surface area contributed by atoms with Gasteiger partial charge in [0.15, 0.2) is 5.78 Å².